The van der Waals surface area contributed by atoms with Crippen LogP contribution in [0, 0.1) is 11.8 Å². The van der Waals surface area contributed by atoms with Crippen molar-refractivity contribution in [2.45, 2.75) is 32.7 Å². The van der Waals surface area contributed by atoms with Crippen molar-refractivity contribution >= 4 is 23.6 Å². The predicted octanol–water partition coefficient (Wildman–Crippen LogP) is 2.81. The number of carbonyl (C=O) groups excluding carboxylic acids is 2. The fourth-order valence-electron chi connectivity index (χ4n) is 3.46. The molecule has 2 amide bonds. The molecule has 0 bridgehead atoms. The van der Waals surface area contributed by atoms with Gasteiger partial charge < -0.3 is 15.0 Å². The number of benzene rings is 1. The zero-order chi connectivity index (χ0) is 18.9. The fourth-order valence-corrected chi connectivity index (χ4v) is 3.93. The zero-order valence-corrected chi connectivity index (χ0v) is 16.8. The molecular formula is C20H30N2O3S. The van der Waals surface area contributed by atoms with Gasteiger partial charge in [0.1, 0.15) is 11.8 Å². The molecule has 6 heteroatoms. The summed E-state index contributed by atoms with van der Waals surface area (Å²) in [6, 6.07) is 8.74. The number of hydrogen-bond acceptors (Lipinski definition) is 4. The van der Waals surface area contributed by atoms with Gasteiger partial charge in [0.25, 0.3) is 5.91 Å². The molecule has 26 heavy (non-hydrogen) atoms. The summed E-state index contributed by atoms with van der Waals surface area (Å²) in [6.07, 6.45) is 3.79. The fraction of sp³-hybridized carbons (Fsp3) is 0.600. The summed E-state index contributed by atoms with van der Waals surface area (Å²) in [4.78, 5) is 27.2. The maximum Gasteiger partial charge on any atom is 0.258 e. The maximum atomic E-state index is 13.0. The number of carbonyl (C=O) groups is 2. The van der Waals surface area contributed by atoms with E-state index < -0.39 is 6.04 Å². The molecule has 2 rings (SSSR count). The van der Waals surface area contributed by atoms with Crippen LogP contribution < -0.4 is 10.1 Å². The lowest BCUT2D eigenvalue weighted by molar-refractivity contribution is -0.139. The zero-order valence-electron chi connectivity index (χ0n) is 15.9. The highest BCUT2D eigenvalue weighted by Crippen LogP contribution is 2.22. The first-order chi connectivity index (χ1) is 12.5. The van der Waals surface area contributed by atoms with Gasteiger partial charge in [-0.05, 0) is 48.8 Å². The molecule has 1 N–H and O–H groups in total. The second-order valence-electron chi connectivity index (χ2n) is 7.19. The molecule has 144 valence electrons. The van der Waals surface area contributed by atoms with Crippen molar-refractivity contribution in [1.29, 1.82) is 0 Å². The lowest BCUT2D eigenvalue weighted by Gasteiger charge is -2.37. The Morgan fingerprint density at radius 2 is 1.88 bits per heavy atom. The van der Waals surface area contributed by atoms with Crippen LogP contribution in [0.2, 0.25) is 0 Å². The number of thioether (sulfide) groups is 1. The molecule has 5 nitrogen and oxygen atoms in total. The summed E-state index contributed by atoms with van der Waals surface area (Å²) in [5.74, 6) is 2.25. The highest BCUT2D eigenvalue weighted by molar-refractivity contribution is 7.98. The van der Waals surface area contributed by atoms with Crippen LogP contribution in [-0.4, -0.2) is 54.5 Å². The Labute approximate surface area is 160 Å². The Balaban J connectivity index is 1.92. The number of nitrogens with one attached hydrogen (secondary N) is 1. The van der Waals surface area contributed by atoms with Gasteiger partial charge in [-0.1, -0.05) is 32.0 Å². The van der Waals surface area contributed by atoms with E-state index in [1.54, 1.807) is 23.9 Å². The van der Waals surface area contributed by atoms with E-state index in [9.17, 15) is 9.59 Å². The predicted molar refractivity (Wildman–Crippen MR) is 106 cm³/mol. The first-order valence-electron chi connectivity index (χ1n) is 9.24. The van der Waals surface area contributed by atoms with E-state index in [0.29, 0.717) is 24.0 Å². The van der Waals surface area contributed by atoms with E-state index in [4.69, 9.17) is 4.74 Å². The number of nitrogens with zero attached hydrogens (tertiary/aromatic N) is 1. The van der Waals surface area contributed by atoms with E-state index in [2.05, 4.69) is 19.2 Å². The second kappa shape index (κ2) is 10.5. The molecule has 0 aliphatic carbocycles. The molecule has 3 atom stereocenters. The average Bonchev–Trinajstić information content (AvgIpc) is 2.63. The van der Waals surface area contributed by atoms with Crippen molar-refractivity contribution in [2.75, 3.05) is 31.7 Å². The maximum absolute atomic E-state index is 13.0. The third-order valence-corrected chi connectivity index (χ3v) is 5.18. The average molecular weight is 379 g/mol. The third kappa shape index (κ3) is 6.56. The Bertz CT molecular complexity index is 572. The molecule has 1 aliphatic heterocycles. The molecular weight excluding hydrogens is 348 g/mol. The standard InChI is InChI=1S/C20H30N2O3S/c1-15-11-16(2)13-22(12-15)20(24)18(9-10-26-3)21-19(23)14-25-17-7-5-4-6-8-17/h4-8,15-16,18H,9-14H2,1-3H3,(H,21,23)/t15-,16-,18-/m0/s1. The molecule has 1 aromatic carbocycles. The van der Waals surface area contributed by atoms with Crippen LogP contribution in [-0.2, 0) is 9.59 Å². The molecule has 0 unspecified atom stereocenters. The van der Waals surface area contributed by atoms with Crippen LogP contribution in [0.4, 0.5) is 0 Å². The summed E-state index contributed by atoms with van der Waals surface area (Å²) in [5.41, 5.74) is 0. The Hall–Kier alpha value is -1.69. The number of hydrogen-bond donors (Lipinski definition) is 1. The van der Waals surface area contributed by atoms with Crippen LogP contribution in [0.3, 0.4) is 0 Å². The molecule has 0 radical (unpaired) electrons. The van der Waals surface area contributed by atoms with Gasteiger partial charge in [-0.2, -0.15) is 11.8 Å². The smallest absolute Gasteiger partial charge is 0.258 e. The summed E-state index contributed by atoms with van der Waals surface area (Å²) in [7, 11) is 0. The van der Waals surface area contributed by atoms with Crippen molar-refractivity contribution in [1.82, 2.24) is 10.2 Å². The Morgan fingerprint density at radius 3 is 2.50 bits per heavy atom. The topological polar surface area (TPSA) is 58.6 Å². The molecule has 1 aromatic rings. The van der Waals surface area contributed by atoms with Crippen LogP contribution in [0.1, 0.15) is 26.7 Å². The monoisotopic (exact) mass is 378 g/mol. The van der Waals surface area contributed by atoms with E-state index in [0.717, 1.165) is 25.3 Å². The van der Waals surface area contributed by atoms with Gasteiger partial charge in [0, 0.05) is 13.1 Å². The van der Waals surface area contributed by atoms with Gasteiger partial charge in [-0.15, -0.1) is 0 Å². The summed E-state index contributed by atoms with van der Waals surface area (Å²) < 4.78 is 5.49. The van der Waals surface area contributed by atoms with Crippen molar-refractivity contribution in [3.63, 3.8) is 0 Å². The molecule has 1 heterocycles. The third-order valence-electron chi connectivity index (χ3n) is 4.54. The van der Waals surface area contributed by atoms with Crippen LogP contribution >= 0.6 is 11.8 Å². The summed E-state index contributed by atoms with van der Waals surface area (Å²) >= 11 is 1.68. The highest BCUT2D eigenvalue weighted by Gasteiger charge is 2.30. The van der Waals surface area contributed by atoms with Crippen molar-refractivity contribution in [3.05, 3.63) is 30.3 Å². The number of amides is 2. The molecule has 0 spiro atoms. The van der Waals surface area contributed by atoms with Crippen LogP contribution in [0.15, 0.2) is 30.3 Å². The number of para-hydroxylation sites is 1. The lowest BCUT2D eigenvalue weighted by atomic mass is 9.91. The molecule has 1 fully saturated rings. The van der Waals surface area contributed by atoms with E-state index >= 15 is 0 Å². The van der Waals surface area contributed by atoms with Crippen LogP contribution in [0.5, 0.6) is 5.75 Å². The van der Waals surface area contributed by atoms with Gasteiger partial charge in [0.15, 0.2) is 6.61 Å². The quantitative estimate of drug-likeness (QED) is 0.756. The minimum atomic E-state index is -0.480. The summed E-state index contributed by atoms with van der Waals surface area (Å²) in [5, 5.41) is 2.88. The van der Waals surface area contributed by atoms with E-state index in [1.165, 1.54) is 0 Å². The highest BCUT2D eigenvalue weighted by atomic mass is 32.2. The Kier molecular flexibility index (Phi) is 8.29. The number of ether oxygens (including phenoxy) is 1. The first kappa shape index (κ1) is 20.6. The Morgan fingerprint density at radius 1 is 1.23 bits per heavy atom. The van der Waals surface area contributed by atoms with Gasteiger partial charge in [0.05, 0.1) is 0 Å². The number of likely N-dealkylation sites (tertiary alicyclic amines) is 1. The van der Waals surface area contributed by atoms with Gasteiger partial charge in [0.2, 0.25) is 5.91 Å². The summed E-state index contributed by atoms with van der Waals surface area (Å²) in [6.45, 7) is 5.82. The number of piperidine rings is 1. The molecule has 1 saturated heterocycles. The first-order valence-corrected chi connectivity index (χ1v) is 10.6. The molecule has 1 aliphatic rings. The second-order valence-corrected chi connectivity index (χ2v) is 8.18. The molecule has 0 aromatic heterocycles. The normalized spacial score (nSPS) is 21.1. The number of rotatable bonds is 8. The van der Waals surface area contributed by atoms with Crippen molar-refractivity contribution in [3.8, 4) is 5.75 Å². The van der Waals surface area contributed by atoms with Crippen molar-refractivity contribution < 1.29 is 14.3 Å². The largest absolute Gasteiger partial charge is 0.484 e. The lowest BCUT2D eigenvalue weighted by Crippen LogP contribution is -2.53. The van der Waals surface area contributed by atoms with Gasteiger partial charge >= 0.3 is 0 Å². The van der Waals surface area contributed by atoms with Crippen molar-refractivity contribution in [2.24, 2.45) is 11.8 Å². The van der Waals surface area contributed by atoms with E-state index in [1.807, 2.05) is 29.4 Å². The van der Waals surface area contributed by atoms with Crippen LogP contribution in [0.25, 0.3) is 0 Å². The SMILES string of the molecule is CSCC[C@H](NC(=O)COc1ccccc1)C(=O)N1C[C@@H](C)C[C@H](C)C1. The minimum absolute atomic E-state index is 0.0329. The van der Waals surface area contributed by atoms with Gasteiger partial charge in [-0.3, -0.25) is 9.59 Å². The minimum Gasteiger partial charge on any atom is -0.484 e. The van der Waals surface area contributed by atoms with E-state index in [-0.39, 0.29) is 18.4 Å². The van der Waals surface area contributed by atoms with Gasteiger partial charge in [-0.25, -0.2) is 0 Å². The molecule has 0 saturated carbocycles.